The number of nitrogens with one attached hydrogen (secondary N) is 1. The van der Waals surface area contributed by atoms with E-state index < -0.39 is 0 Å². The van der Waals surface area contributed by atoms with E-state index in [1.807, 2.05) is 18.2 Å². The normalized spacial score (nSPS) is 21.2. The monoisotopic (exact) mass is 428 g/mol. The first-order valence-electron chi connectivity index (χ1n) is 10.5. The van der Waals surface area contributed by atoms with E-state index in [0.717, 1.165) is 24.0 Å². The molecule has 1 N–H and O–H groups in total. The van der Waals surface area contributed by atoms with E-state index in [9.17, 15) is 14.4 Å². The summed E-state index contributed by atoms with van der Waals surface area (Å²) in [5.41, 5.74) is 1.97. The molecule has 1 saturated carbocycles. The van der Waals surface area contributed by atoms with E-state index in [-0.39, 0.29) is 17.3 Å². The van der Waals surface area contributed by atoms with Crippen molar-refractivity contribution in [3.8, 4) is 28.8 Å². The minimum Gasteiger partial charge on any atom is -0.455 e. The second-order valence-electron chi connectivity index (χ2n) is 8.33. The molecule has 1 aliphatic heterocycles. The molecule has 2 heterocycles. The molecule has 160 valence electrons. The number of carbonyl (C=O) groups is 1. The van der Waals surface area contributed by atoms with Crippen molar-refractivity contribution in [1.82, 2.24) is 15.2 Å². The number of amides is 1. The van der Waals surface area contributed by atoms with Gasteiger partial charge in [0.25, 0.3) is 5.91 Å². The predicted molar refractivity (Wildman–Crippen MR) is 116 cm³/mol. The largest absolute Gasteiger partial charge is 0.455 e. The van der Waals surface area contributed by atoms with Crippen molar-refractivity contribution < 1.29 is 13.9 Å². The Labute approximate surface area is 185 Å². The highest BCUT2D eigenvalue weighted by Gasteiger charge is 2.54. The minimum atomic E-state index is -0.330. The van der Waals surface area contributed by atoms with Gasteiger partial charge in [-0.2, -0.15) is 5.26 Å². The summed E-state index contributed by atoms with van der Waals surface area (Å²) < 4.78 is 19.1. The van der Waals surface area contributed by atoms with Crippen LogP contribution in [-0.4, -0.2) is 34.4 Å². The van der Waals surface area contributed by atoms with E-state index in [0.29, 0.717) is 36.1 Å². The van der Waals surface area contributed by atoms with Crippen LogP contribution >= 0.6 is 0 Å². The fourth-order valence-corrected chi connectivity index (χ4v) is 4.55. The van der Waals surface area contributed by atoms with Gasteiger partial charge in [0.05, 0.1) is 18.3 Å². The molecule has 0 spiro atoms. The van der Waals surface area contributed by atoms with E-state index in [1.165, 1.54) is 12.1 Å². The SMILES string of the molecule is N#CN1CC2CC[C@]2(NC(=O)c2ccc(-c3ccncc3Oc3ccc(F)cc3)cc2)C1. The highest BCUT2D eigenvalue weighted by atomic mass is 19.1. The Morgan fingerprint density at radius 1 is 1.19 bits per heavy atom. The molecule has 2 aliphatic rings. The summed E-state index contributed by atoms with van der Waals surface area (Å²) in [4.78, 5) is 18.7. The van der Waals surface area contributed by atoms with Crippen molar-refractivity contribution in [1.29, 1.82) is 5.26 Å². The molecular formula is C25H21FN4O2. The van der Waals surface area contributed by atoms with Crippen LogP contribution in [-0.2, 0) is 0 Å². The van der Waals surface area contributed by atoms with Crippen LogP contribution in [0.3, 0.4) is 0 Å². The van der Waals surface area contributed by atoms with Crippen LogP contribution in [0, 0.1) is 23.2 Å². The lowest BCUT2D eigenvalue weighted by molar-refractivity contribution is 0.0762. The second kappa shape index (κ2) is 7.97. The summed E-state index contributed by atoms with van der Waals surface area (Å²) in [5.74, 6) is 0.930. The quantitative estimate of drug-likeness (QED) is 0.611. The van der Waals surface area contributed by atoms with E-state index in [1.54, 1.807) is 41.6 Å². The Kier molecular flexibility index (Phi) is 4.98. The third kappa shape index (κ3) is 3.65. The van der Waals surface area contributed by atoms with Crippen LogP contribution in [0.2, 0.25) is 0 Å². The van der Waals surface area contributed by atoms with Gasteiger partial charge in [-0.25, -0.2) is 4.39 Å². The molecule has 1 aliphatic carbocycles. The third-order valence-corrected chi connectivity index (χ3v) is 6.42. The first-order chi connectivity index (χ1) is 15.6. The van der Waals surface area contributed by atoms with Crippen molar-refractivity contribution in [2.45, 2.75) is 18.4 Å². The number of pyridine rings is 1. The van der Waals surface area contributed by atoms with Crippen molar-refractivity contribution in [2.75, 3.05) is 13.1 Å². The maximum absolute atomic E-state index is 13.2. The molecule has 1 amide bonds. The smallest absolute Gasteiger partial charge is 0.251 e. The fourth-order valence-electron chi connectivity index (χ4n) is 4.55. The number of benzene rings is 2. The second-order valence-corrected chi connectivity index (χ2v) is 8.33. The van der Waals surface area contributed by atoms with Gasteiger partial charge in [0.2, 0.25) is 0 Å². The molecule has 2 aromatic carbocycles. The van der Waals surface area contributed by atoms with Crippen molar-refractivity contribution in [3.63, 3.8) is 0 Å². The number of likely N-dealkylation sites (tertiary alicyclic amines) is 1. The van der Waals surface area contributed by atoms with Gasteiger partial charge < -0.3 is 15.0 Å². The van der Waals surface area contributed by atoms with Crippen LogP contribution in [0.1, 0.15) is 23.2 Å². The number of hydrogen-bond acceptors (Lipinski definition) is 5. The maximum atomic E-state index is 13.2. The topological polar surface area (TPSA) is 78.3 Å². The molecule has 1 saturated heterocycles. The van der Waals surface area contributed by atoms with Gasteiger partial charge in [0.1, 0.15) is 11.6 Å². The third-order valence-electron chi connectivity index (χ3n) is 6.42. The number of hydrogen-bond donors (Lipinski definition) is 1. The lowest BCUT2D eigenvalue weighted by atomic mass is 9.69. The van der Waals surface area contributed by atoms with E-state index >= 15 is 0 Å². The van der Waals surface area contributed by atoms with Crippen molar-refractivity contribution in [2.24, 2.45) is 5.92 Å². The number of halogens is 1. The van der Waals surface area contributed by atoms with Crippen LogP contribution in [0.25, 0.3) is 11.1 Å². The molecule has 32 heavy (non-hydrogen) atoms. The minimum absolute atomic E-state index is 0.126. The molecule has 2 atom stereocenters. The zero-order chi connectivity index (χ0) is 22.1. The summed E-state index contributed by atoms with van der Waals surface area (Å²) in [7, 11) is 0. The Morgan fingerprint density at radius 3 is 2.66 bits per heavy atom. The van der Waals surface area contributed by atoms with Crippen LogP contribution in [0.4, 0.5) is 4.39 Å². The Hall–Kier alpha value is -3.92. The van der Waals surface area contributed by atoms with Crippen LogP contribution < -0.4 is 10.1 Å². The summed E-state index contributed by atoms with van der Waals surface area (Å²) >= 11 is 0. The van der Waals surface area contributed by atoms with Gasteiger partial charge in [-0.3, -0.25) is 9.78 Å². The van der Waals surface area contributed by atoms with Gasteiger partial charge in [-0.05, 0) is 60.9 Å². The Morgan fingerprint density at radius 2 is 1.97 bits per heavy atom. The van der Waals surface area contributed by atoms with Gasteiger partial charge in [0, 0.05) is 29.8 Å². The maximum Gasteiger partial charge on any atom is 0.251 e. The first-order valence-corrected chi connectivity index (χ1v) is 10.5. The van der Waals surface area contributed by atoms with Gasteiger partial charge >= 0.3 is 0 Å². The zero-order valence-electron chi connectivity index (χ0n) is 17.3. The summed E-state index contributed by atoms with van der Waals surface area (Å²) in [6, 6.07) is 14.9. The molecular weight excluding hydrogens is 407 g/mol. The lowest BCUT2D eigenvalue weighted by Crippen LogP contribution is -2.60. The van der Waals surface area contributed by atoms with Crippen LogP contribution in [0.15, 0.2) is 67.0 Å². The lowest BCUT2D eigenvalue weighted by Gasteiger charge is -2.44. The van der Waals surface area contributed by atoms with E-state index in [2.05, 4.69) is 16.5 Å². The molecule has 1 unspecified atom stereocenters. The number of rotatable bonds is 5. The van der Waals surface area contributed by atoms with Crippen molar-refractivity contribution in [3.05, 3.63) is 78.4 Å². The molecule has 6 nitrogen and oxygen atoms in total. The number of nitriles is 1. The molecule has 7 heteroatoms. The summed E-state index contributed by atoms with van der Waals surface area (Å²) in [5, 5.41) is 12.4. The summed E-state index contributed by atoms with van der Waals surface area (Å²) in [6.07, 6.45) is 7.42. The highest BCUT2D eigenvalue weighted by molar-refractivity contribution is 5.95. The number of aromatic nitrogens is 1. The Bertz CT molecular complexity index is 1190. The highest BCUT2D eigenvalue weighted by Crippen LogP contribution is 2.44. The average Bonchev–Trinajstić information content (AvgIpc) is 3.05. The number of nitrogens with zero attached hydrogens (tertiary/aromatic N) is 3. The van der Waals surface area contributed by atoms with Gasteiger partial charge in [-0.1, -0.05) is 12.1 Å². The number of fused-ring (bicyclic) bond motifs is 1. The molecule has 0 radical (unpaired) electrons. The molecule has 0 bridgehead atoms. The van der Waals surface area contributed by atoms with Crippen LogP contribution in [0.5, 0.6) is 11.5 Å². The first kappa shape index (κ1) is 20.0. The molecule has 5 rings (SSSR count). The Balaban J connectivity index is 1.33. The van der Waals surface area contributed by atoms with Crippen molar-refractivity contribution >= 4 is 5.91 Å². The standard InChI is InChI=1S/C25H21FN4O2/c26-20-5-7-21(8-6-20)32-23-13-28-12-10-22(23)17-1-3-18(4-2-17)24(31)29-25-11-9-19(25)14-30(15-25)16-27/h1-8,10,12-13,19H,9,11,14-15H2,(H,29,31)/t19?,25-/m0/s1. The van der Waals surface area contributed by atoms with E-state index in [4.69, 9.17) is 4.74 Å². The fraction of sp³-hybridized carbons (Fsp3) is 0.240. The predicted octanol–water partition coefficient (Wildman–Crippen LogP) is 4.36. The van der Waals surface area contributed by atoms with Gasteiger partial charge in [-0.15, -0.1) is 0 Å². The molecule has 3 aromatic rings. The zero-order valence-corrected chi connectivity index (χ0v) is 17.3. The average molecular weight is 428 g/mol. The van der Waals surface area contributed by atoms with Gasteiger partial charge in [0.15, 0.2) is 11.9 Å². The molecule has 1 aromatic heterocycles. The number of ether oxygens (including phenoxy) is 1. The summed E-state index contributed by atoms with van der Waals surface area (Å²) in [6.45, 7) is 1.30. The molecule has 2 fully saturated rings. The number of carbonyl (C=O) groups excluding carboxylic acids is 1.